The van der Waals surface area contributed by atoms with Gasteiger partial charge < -0.3 is 9.64 Å². The Morgan fingerprint density at radius 1 is 1.41 bits per heavy atom. The summed E-state index contributed by atoms with van der Waals surface area (Å²) in [5, 5.41) is 8.36. The summed E-state index contributed by atoms with van der Waals surface area (Å²) in [5.41, 5.74) is 1.44. The van der Waals surface area contributed by atoms with Gasteiger partial charge in [0.1, 0.15) is 11.1 Å². The van der Waals surface area contributed by atoms with Crippen LogP contribution in [0.2, 0.25) is 0 Å². The Bertz CT molecular complexity index is 701. The van der Waals surface area contributed by atoms with Gasteiger partial charge in [-0.25, -0.2) is 9.48 Å². The smallest absolute Gasteiger partial charge is 0.410 e. The molecule has 118 valence electrons. The minimum Gasteiger partial charge on any atom is -0.444 e. The molecule has 6 nitrogen and oxygen atoms in total. The van der Waals surface area contributed by atoms with Crippen molar-refractivity contribution in [2.45, 2.75) is 32.9 Å². The van der Waals surface area contributed by atoms with Gasteiger partial charge in [0, 0.05) is 30.0 Å². The maximum Gasteiger partial charge on any atom is 0.410 e. The summed E-state index contributed by atoms with van der Waals surface area (Å²) in [6.45, 7) is 7.78. The van der Waals surface area contributed by atoms with E-state index in [9.17, 15) is 4.79 Å². The average Bonchev–Trinajstić information content (AvgIpc) is 2.73. The van der Waals surface area contributed by atoms with Crippen LogP contribution < -0.4 is 0 Å². The molecule has 2 aromatic rings. The van der Waals surface area contributed by atoms with E-state index in [1.54, 1.807) is 4.90 Å². The maximum absolute atomic E-state index is 11.9. The minimum atomic E-state index is -0.448. The fourth-order valence-corrected chi connectivity index (χ4v) is 2.83. The number of carbonyl (C=O) groups is 1. The quantitative estimate of drug-likeness (QED) is 0.819. The van der Waals surface area contributed by atoms with E-state index in [1.807, 2.05) is 43.7 Å². The second-order valence-corrected chi connectivity index (χ2v) is 7.57. The summed E-state index contributed by atoms with van der Waals surface area (Å²) >= 11 is 3.47. The summed E-state index contributed by atoms with van der Waals surface area (Å²) in [5.74, 6) is 0.386. The highest BCUT2D eigenvalue weighted by atomic mass is 79.9. The Morgan fingerprint density at radius 3 is 2.82 bits per heavy atom. The van der Waals surface area contributed by atoms with Crippen molar-refractivity contribution in [3.05, 3.63) is 22.7 Å². The first-order chi connectivity index (χ1) is 10.3. The number of carbonyl (C=O) groups excluding carboxylic acids is 1. The molecule has 22 heavy (non-hydrogen) atoms. The Hall–Kier alpha value is -1.63. The summed E-state index contributed by atoms with van der Waals surface area (Å²) in [4.78, 5) is 13.6. The van der Waals surface area contributed by atoms with Crippen molar-refractivity contribution in [2.24, 2.45) is 5.92 Å². The Labute approximate surface area is 137 Å². The topological polar surface area (TPSA) is 60.2 Å². The van der Waals surface area contributed by atoms with Crippen LogP contribution >= 0.6 is 15.9 Å². The monoisotopic (exact) mass is 366 g/mol. The van der Waals surface area contributed by atoms with E-state index in [1.165, 1.54) is 0 Å². The molecule has 0 radical (unpaired) electrons. The Kier molecular flexibility index (Phi) is 3.84. The zero-order valence-electron chi connectivity index (χ0n) is 12.9. The maximum atomic E-state index is 11.9. The lowest BCUT2D eigenvalue weighted by Crippen LogP contribution is -2.52. The summed E-state index contributed by atoms with van der Waals surface area (Å²) in [6.07, 6.45) is -0.241. The van der Waals surface area contributed by atoms with Crippen LogP contribution in [-0.2, 0) is 11.3 Å². The molecule has 3 rings (SSSR count). The molecular formula is C15H19BrN4O2. The predicted octanol–water partition coefficient (Wildman–Crippen LogP) is 3.06. The number of ether oxygens (including phenoxy) is 1. The van der Waals surface area contributed by atoms with Gasteiger partial charge in [-0.3, -0.25) is 0 Å². The molecule has 0 aliphatic carbocycles. The van der Waals surface area contributed by atoms with Gasteiger partial charge >= 0.3 is 6.09 Å². The first-order valence-corrected chi connectivity index (χ1v) is 8.08. The number of fused-ring (bicyclic) bond motifs is 1. The molecule has 1 fully saturated rings. The first-order valence-electron chi connectivity index (χ1n) is 7.28. The standard InChI is InChI=1S/C15H19BrN4O2/c1-15(2,3)22-14(21)19-7-10(8-19)9-20-13-6-11(16)4-5-12(13)17-18-20/h4-6,10H,7-9H2,1-3H3. The number of aromatic nitrogens is 3. The third kappa shape index (κ3) is 3.24. The molecule has 7 heteroatoms. The number of hydrogen-bond donors (Lipinski definition) is 0. The molecular weight excluding hydrogens is 348 g/mol. The van der Waals surface area contributed by atoms with Crippen molar-refractivity contribution < 1.29 is 9.53 Å². The van der Waals surface area contributed by atoms with E-state index in [4.69, 9.17) is 4.74 Å². The highest BCUT2D eigenvalue weighted by Gasteiger charge is 2.34. The molecule has 1 aromatic carbocycles. The van der Waals surface area contributed by atoms with Crippen LogP contribution in [-0.4, -0.2) is 44.7 Å². The van der Waals surface area contributed by atoms with Gasteiger partial charge in [-0.1, -0.05) is 21.1 Å². The van der Waals surface area contributed by atoms with Crippen LogP contribution in [0, 0.1) is 5.92 Å². The molecule has 1 aliphatic heterocycles. The van der Waals surface area contributed by atoms with Gasteiger partial charge in [-0.15, -0.1) is 5.10 Å². The van der Waals surface area contributed by atoms with E-state index in [0.717, 1.165) is 22.1 Å². The number of amides is 1. The van der Waals surface area contributed by atoms with Crippen LogP contribution in [0.3, 0.4) is 0 Å². The number of rotatable bonds is 2. The van der Waals surface area contributed by atoms with Crippen LogP contribution in [0.4, 0.5) is 4.79 Å². The first kappa shape index (κ1) is 15.3. The van der Waals surface area contributed by atoms with Gasteiger partial charge in [0.2, 0.25) is 0 Å². The number of halogens is 1. The fraction of sp³-hybridized carbons (Fsp3) is 0.533. The van der Waals surface area contributed by atoms with E-state index >= 15 is 0 Å². The average molecular weight is 367 g/mol. The Balaban J connectivity index is 1.60. The Morgan fingerprint density at radius 2 is 2.14 bits per heavy atom. The molecule has 0 spiro atoms. The predicted molar refractivity (Wildman–Crippen MR) is 86.5 cm³/mol. The SMILES string of the molecule is CC(C)(C)OC(=O)N1CC(Cn2nnc3ccc(Br)cc32)C1. The molecule has 0 unspecified atom stereocenters. The molecule has 0 bridgehead atoms. The number of likely N-dealkylation sites (tertiary alicyclic amines) is 1. The van der Waals surface area contributed by atoms with E-state index in [2.05, 4.69) is 26.2 Å². The van der Waals surface area contributed by atoms with Crippen molar-refractivity contribution in [1.29, 1.82) is 0 Å². The molecule has 0 N–H and O–H groups in total. The minimum absolute atomic E-state index is 0.241. The number of nitrogens with zero attached hydrogens (tertiary/aromatic N) is 4. The highest BCUT2D eigenvalue weighted by molar-refractivity contribution is 9.10. The normalized spacial score (nSPS) is 15.9. The van der Waals surface area contributed by atoms with Gasteiger partial charge in [0.15, 0.2) is 0 Å². The highest BCUT2D eigenvalue weighted by Crippen LogP contribution is 2.23. The molecule has 2 heterocycles. The van der Waals surface area contributed by atoms with Gasteiger partial charge in [0.05, 0.1) is 5.52 Å². The van der Waals surface area contributed by atoms with Crippen molar-refractivity contribution >= 4 is 33.1 Å². The van der Waals surface area contributed by atoms with Crippen molar-refractivity contribution in [1.82, 2.24) is 19.9 Å². The van der Waals surface area contributed by atoms with E-state index in [-0.39, 0.29) is 6.09 Å². The molecule has 1 aliphatic rings. The molecule has 1 amide bonds. The third-order valence-electron chi connectivity index (χ3n) is 3.52. The number of benzene rings is 1. The van der Waals surface area contributed by atoms with E-state index < -0.39 is 5.60 Å². The molecule has 1 aromatic heterocycles. The van der Waals surface area contributed by atoms with Crippen LogP contribution in [0.25, 0.3) is 11.0 Å². The zero-order valence-corrected chi connectivity index (χ0v) is 14.5. The lowest BCUT2D eigenvalue weighted by molar-refractivity contribution is -0.00371. The van der Waals surface area contributed by atoms with Crippen LogP contribution in [0.15, 0.2) is 22.7 Å². The van der Waals surface area contributed by atoms with E-state index in [0.29, 0.717) is 19.0 Å². The van der Waals surface area contributed by atoms with Gasteiger partial charge in [-0.05, 0) is 39.0 Å². The lowest BCUT2D eigenvalue weighted by Gasteiger charge is -2.39. The molecule has 1 saturated heterocycles. The molecule has 0 atom stereocenters. The summed E-state index contributed by atoms with van der Waals surface area (Å²) in [6, 6.07) is 5.91. The molecule has 0 saturated carbocycles. The third-order valence-corrected chi connectivity index (χ3v) is 4.01. The second kappa shape index (κ2) is 5.53. The van der Waals surface area contributed by atoms with Crippen LogP contribution in [0.1, 0.15) is 20.8 Å². The summed E-state index contributed by atoms with van der Waals surface area (Å²) in [7, 11) is 0. The summed E-state index contributed by atoms with van der Waals surface area (Å²) < 4.78 is 8.26. The second-order valence-electron chi connectivity index (χ2n) is 6.66. The number of hydrogen-bond acceptors (Lipinski definition) is 4. The lowest BCUT2D eigenvalue weighted by atomic mass is 10.0. The van der Waals surface area contributed by atoms with Crippen LogP contribution in [0.5, 0.6) is 0 Å². The van der Waals surface area contributed by atoms with Gasteiger partial charge in [-0.2, -0.15) is 0 Å². The zero-order chi connectivity index (χ0) is 15.9. The van der Waals surface area contributed by atoms with Gasteiger partial charge in [0.25, 0.3) is 0 Å². The largest absolute Gasteiger partial charge is 0.444 e. The fourth-order valence-electron chi connectivity index (χ4n) is 2.48. The van der Waals surface area contributed by atoms with Crippen molar-refractivity contribution in [3.63, 3.8) is 0 Å². The van der Waals surface area contributed by atoms with Crippen molar-refractivity contribution in [2.75, 3.05) is 13.1 Å². The van der Waals surface area contributed by atoms with Crippen molar-refractivity contribution in [3.8, 4) is 0 Å².